The highest BCUT2D eigenvalue weighted by Gasteiger charge is 2.41. The monoisotopic (exact) mass is 436 g/mol. The zero-order valence-corrected chi connectivity index (χ0v) is 19.3. The van der Waals surface area contributed by atoms with Gasteiger partial charge in [0.05, 0.1) is 5.37 Å². The van der Waals surface area contributed by atoms with Crippen LogP contribution in [0.1, 0.15) is 44.2 Å². The summed E-state index contributed by atoms with van der Waals surface area (Å²) in [6, 6.07) is 19.0. The molecule has 0 radical (unpaired) electrons. The normalized spacial score (nSPS) is 20.7. The zero-order chi connectivity index (χ0) is 21.7. The number of hydrogen-bond donors (Lipinski definition) is 2. The van der Waals surface area contributed by atoms with Crippen LogP contribution in [-0.4, -0.2) is 34.3 Å². The third kappa shape index (κ3) is 5.69. The van der Waals surface area contributed by atoms with Crippen LogP contribution in [0.15, 0.2) is 59.7 Å². The maximum absolute atomic E-state index is 11.2. The van der Waals surface area contributed by atoms with Gasteiger partial charge in [0.1, 0.15) is 5.04 Å². The third-order valence-electron chi connectivity index (χ3n) is 6.32. The number of hydrazone groups is 1. The minimum Gasteiger partial charge on any atom is -0.326 e. The first kappa shape index (κ1) is 21.9. The maximum atomic E-state index is 11.2. The van der Waals surface area contributed by atoms with E-state index in [0.29, 0.717) is 5.37 Å². The molecule has 1 unspecified atom stereocenters. The molecule has 2 heterocycles. The van der Waals surface area contributed by atoms with E-state index in [1.165, 1.54) is 23.1 Å². The summed E-state index contributed by atoms with van der Waals surface area (Å²) in [6.07, 6.45) is 4.53. The predicted molar refractivity (Wildman–Crippen MR) is 130 cm³/mol. The van der Waals surface area contributed by atoms with Gasteiger partial charge in [-0.3, -0.25) is 15.1 Å². The Bertz CT molecular complexity index is 905. The van der Waals surface area contributed by atoms with E-state index in [2.05, 4.69) is 65.0 Å². The van der Waals surface area contributed by atoms with Crippen molar-refractivity contribution in [3.05, 3.63) is 65.7 Å². The standard InChI is InChI=1S/C25H32N4OS/c1-19(30)26-23-10-8-22(9-11-23)18-29-16-14-25(15-17-29,24-28-27-20(2)31-24)13-12-21-6-4-3-5-7-21/h3-11,20,27H,12-18H2,1-2H3,(H,26,30). The fraction of sp³-hybridized carbons (Fsp3) is 0.440. The van der Waals surface area contributed by atoms with Gasteiger partial charge in [-0.2, -0.15) is 5.10 Å². The van der Waals surface area contributed by atoms with E-state index in [-0.39, 0.29) is 11.3 Å². The van der Waals surface area contributed by atoms with Crippen molar-refractivity contribution in [3.63, 3.8) is 0 Å². The second kappa shape index (κ2) is 9.88. The van der Waals surface area contributed by atoms with Crippen LogP contribution in [0.2, 0.25) is 0 Å². The van der Waals surface area contributed by atoms with Crippen LogP contribution in [-0.2, 0) is 17.8 Å². The van der Waals surface area contributed by atoms with Crippen molar-refractivity contribution in [2.45, 2.75) is 51.4 Å². The number of aryl methyl sites for hydroxylation is 1. The summed E-state index contributed by atoms with van der Waals surface area (Å²) in [4.78, 5) is 13.8. The highest BCUT2D eigenvalue weighted by atomic mass is 32.2. The summed E-state index contributed by atoms with van der Waals surface area (Å²) in [7, 11) is 0. The van der Waals surface area contributed by atoms with Gasteiger partial charge in [0.25, 0.3) is 0 Å². The summed E-state index contributed by atoms with van der Waals surface area (Å²) in [5.41, 5.74) is 6.99. The van der Waals surface area contributed by atoms with Gasteiger partial charge in [0, 0.05) is 24.6 Å². The van der Waals surface area contributed by atoms with Crippen LogP contribution in [0.5, 0.6) is 0 Å². The average molecular weight is 437 g/mol. The summed E-state index contributed by atoms with van der Waals surface area (Å²) in [5, 5.41) is 9.24. The summed E-state index contributed by atoms with van der Waals surface area (Å²) in [6.45, 7) is 6.83. The Morgan fingerprint density at radius 3 is 2.45 bits per heavy atom. The van der Waals surface area contributed by atoms with E-state index in [1.54, 1.807) is 0 Å². The number of carbonyl (C=O) groups is 1. The first-order chi connectivity index (χ1) is 15.0. The molecule has 1 amide bonds. The van der Waals surface area contributed by atoms with Crippen molar-refractivity contribution in [2.24, 2.45) is 10.5 Å². The van der Waals surface area contributed by atoms with Crippen LogP contribution in [0.3, 0.4) is 0 Å². The van der Waals surface area contributed by atoms with E-state index in [0.717, 1.165) is 51.0 Å². The molecule has 2 N–H and O–H groups in total. The Balaban J connectivity index is 1.39. The molecule has 0 aromatic heterocycles. The Morgan fingerprint density at radius 2 is 1.84 bits per heavy atom. The minimum atomic E-state index is -0.0351. The molecule has 1 atom stereocenters. The molecule has 1 fully saturated rings. The number of anilines is 1. The Morgan fingerprint density at radius 1 is 1.13 bits per heavy atom. The molecule has 31 heavy (non-hydrogen) atoms. The Kier molecular flexibility index (Phi) is 6.98. The van der Waals surface area contributed by atoms with Crippen LogP contribution < -0.4 is 10.7 Å². The Hall–Kier alpha value is -2.31. The smallest absolute Gasteiger partial charge is 0.221 e. The molecule has 0 saturated carbocycles. The number of benzene rings is 2. The molecular formula is C25H32N4OS. The molecule has 0 aliphatic carbocycles. The SMILES string of the molecule is CC(=O)Nc1ccc(CN2CCC(CCc3ccccc3)(C3=NNC(C)S3)CC2)cc1. The number of carbonyl (C=O) groups excluding carboxylic acids is 1. The molecule has 2 aromatic carbocycles. The lowest BCUT2D eigenvalue weighted by molar-refractivity contribution is -0.114. The van der Waals surface area contributed by atoms with Gasteiger partial charge in [-0.05, 0) is 69.0 Å². The molecule has 164 valence electrons. The van der Waals surface area contributed by atoms with Gasteiger partial charge in [-0.25, -0.2) is 0 Å². The van der Waals surface area contributed by atoms with E-state index < -0.39 is 0 Å². The predicted octanol–water partition coefficient (Wildman–Crippen LogP) is 4.86. The van der Waals surface area contributed by atoms with Crippen molar-refractivity contribution in [1.82, 2.24) is 10.3 Å². The number of hydrogen-bond acceptors (Lipinski definition) is 5. The van der Waals surface area contributed by atoms with Crippen molar-refractivity contribution >= 4 is 28.4 Å². The summed E-state index contributed by atoms with van der Waals surface area (Å²) < 4.78 is 0. The van der Waals surface area contributed by atoms with E-state index in [1.807, 2.05) is 23.9 Å². The highest BCUT2D eigenvalue weighted by Crippen LogP contribution is 2.43. The largest absolute Gasteiger partial charge is 0.326 e. The number of nitrogens with zero attached hydrogens (tertiary/aromatic N) is 2. The lowest BCUT2D eigenvalue weighted by Gasteiger charge is -2.41. The molecule has 5 nitrogen and oxygen atoms in total. The van der Waals surface area contributed by atoms with Gasteiger partial charge in [0.2, 0.25) is 5.91 Å². The number of rotatable bonds is 7. The molecule has 0 bridgehead atoms. The maximum Gasteiger partial charge on any atom is 0.221 e. The zero-order valence-electron chi connectivity index (χ0n) is 18.4. The van der Waals surface area contributed by atoms with Gasteiger partial charge >= 0.3 is 0 Å². The quantitative estimate of drug-likeness (QED) is 0.651. The van der Waals surface area contributed by atoms with Crippen LogP contribution >= 0.6 is 11.8 Å². The van der Waals surface area contributed by atoms with Crippen molar-refractivity contribution in [2.75, 3.05) is 18.4 Å². The van der Waals surface area contributed by atoms with Gasteiger partial charge in [0.15, 0.2) is 0 Å². The fourth-order valence-corrected chi connectivity index (χ4v) is 5.61. The number of thioether (sulfide) groups is 1. The molecule has 0 spiro atoms. The molecule has 2 aliphatic rings. The summed E-state index contributed by atoms with van der Waals surface area (Å²) in [5.74, 6) is -0.0351. The number of amides is 1. The highest BCUT2D eigenvalue weighted by molar-refractivity contribution is 8.14. The lowest BCUT2D eigenvalue weighted by atomic mass is 9.74. The second-order valence-electron chi connectivity index (χ2n) is 8.73. The van der Waals surface area contributed by atoms with E-state index in [4.69, 9.17) is 5.10 Å². The van der Waals surface area contributed by atoms with E-state index in [9.17, 15) is 4.79 Å². The van der Waals surface area contributed by atoms with Gasteiger partial charge in [-0.15, -0.1) is 0 Å². The van der Waals surface area contributed by atoms with Crippen molar-refractivity contribution in [3.8, 4) is 0 Å². The second-order valence-corrected chi connectivity index (χ2v) is 10.1. The third-order valence-corrected chi connectivity index (χ3v) is 7.53. The Labute approximate surface area is 189 Å². The first-order valence-electron chi connectivity index (χ1n) is 11.2. The number of nitrogens with one attached hydrogen (secondary N) is 2. The van der Waals surface area contributed by atoms with Crippen molar-refractivity contribution < 1.29 is 4.79 Å². The molecule has 4 rings (SSSR count). The van der Waals surface area contributed by atoms with Crippen LogP contribution in [0.4, 0.5) is 5.69 Å². The topological polar surface area (TPSA) is 56.7 Å². The molecular weight excluding hydrogens is 404 g/mol. The van der Waals surface area contributed by atoms with Crippen LogP contribution in [0.25, 0.3) is 0 Å². The molecule has 2 aromatic rings. The fourth-order valence-electron chi connectivity index (χ4n) is 4.51. The lowest BCUT2D eigenvalue weighted by Crippen LogP contribution is -2.43. The molecule has 2 aliphatic heterocycles. The van der Waals surface area contributed by atoms with Gasteiger partial charge in [-0.1, -0.05) is 54.2 Å². The van der Waals surface area contributed by atoms with Gasteiger partial charge < -0.3 is 5.32 Å². The average Bonchev–Trinajstić information content (AvgIpc) is 3.22. The molecule has 6 heteroatoms. The minimum absolute atomic E-state index is 0.0351. The first-order valence-corrected chi connectivity index (χ1v) is 12.0. The van der Waals surface area contributed by atoms with Crippen molar-refractivity contribution in [1.29, 1.82) is 0 Å². The van der Waals surface area contributed by atoms with Crippen LogP contribution in [0, 0.1) is 5.41 Å². The number of likely N-dealkylation sites (tertiary alicyclic amines) is 1. The summed E-state index contributed by atoms with van der Waals surface area (Å²) >= 11 is 1.90. The molecule has 1 saturated heterocycles. The van der Waals surface area contributed by atoms with E-state index >= 15 is 0 Å². The number of piperidine rings is 1.